The van der Waals surface area contributed by atoms with Crippen molar-refractivity contribution < 1.29 is 0 Å². The van der Waals surface area contributed by atoms with Crippen molar-refractivity contribution >= 4 is 96.1 Å². The summed E-state index contributed by atoms with van der Waals surface area (Å²) >= 11 is 0. The molecule has 0 bridgehead atoms. The summed E-state index contributed by atoms with van der Waals surface area (Å²) in [5, 5.41) is 2.47. The van der Waals surface area contributed by atoms with Crippen LogP contribution in [0.15, 0.2) is 206 Å². The van der Waals surface area contributed by atoms with Crippen LogP contribution in [0.25, 0.3) is 38.6 Å². The summed E-state index contributed by atoms with van der Waals surface area (Å²) in [5.74, 6) is 0. The van der Waals surface area contributed by atoms with Crippen molar-refractivity contribution in [1.29, 1.82) is 0 Å². The number of hydrogen-bond acceptors (Lipinski definition) is 3. The Morgan fingerprint density at radius 2 is 0.839 bits per heavy atom. The first-order valence-corrected chi connectivity index (χ1v) is 31.5. The Balaban J connectivity index is 1.13. The maximum absolute atomic E-state index is 2.64. The van der Waals surface area contributed by atoms with E-state index in [1.54, 1.807) is 0 Å². The third-order valence-corrected chi connectivity index (χ3v) is 18.7. The number of anilines is 9. The summed E-state index contributed by atoms with van der Waals surface area (Å²) in [4.78, 5) is 7.84. The van der Waals surface area contributed by atoms with E-state index in [0.717, 1.165) is 22.7 Å². The van der Waals surface area contributed by atoms with Crippen molar-refractivity contribution in [3.63, 3.8) is 0 Å². The highest BCUT2D eigenvalue weighted by atomic mass is 15.2. The van der Waals surface area contributed by atoms with Gasteiger partial charge in [0.15, 0.2) is 0 Å². The molecule has 0 amide bonds. The number of aryl methyl sites for hydroxylation is 2. The topological polar surface area (TPSA) is 14.7 Å². The second-order valence-corrected chi connectivity index (χ2v) is 30.1. The predicted octanol–water partition coefficient (Wildman–Crippen LogP) is 21.1. The summed E-state index contributed by atoms with van der Waals surface area (Å²) in [6.07, 6.45) is 0. The van der Waals surface area contributed by atoms with E-state index in [4.69, 9.17) is 0 Å². The van der Waals surface area contributed by atoms with Crippen LogP contribution in [0, 0.1) is 13.8 Å². The average molecular weight is 1140 g/mol. The molecule has 0 unspecified atom stereocenters. The SMILES string of the molecule is Cc1cc(C(C)(C)C)cc(C)c1N(c1ccc2c(c1)N(c1ccc(C(C)(C)C)cc1)c1cc(C(C)(C)C)cc3c1B2c1cc(C(C)(C)C)ccc1N3c1ccc(C(C)(C)C)cc1-c1ccccc1)c1ccc2c3ccccc3n(-c3ccccc3)c2c1. The van der Waals surface area contributed by atoms with Crippen LogP contribution in [0.4, 0.5) is 51.2 Å². The van der Waals surface area contributed by atoms with E-state index in [1.807, 2.05) is 0 Å². The second kappa shape index (κ2) is 20.5. The van der Waals surface area contributed by atoms with Crippen molar-refractivity contribution in [2.75, 3.05) is 14.7 Å². The Morgan fingerprint density at radius 3 is 1.46 bits per heavy atom. The quantitative estimate of drug-likeness (QED) is 0.148. The lowest BCUT2D eigenvalue weighted by Gasteiger charge is -2.46. The highest BCUT2D eigenvalue weighted by Crippen LogP contribution is 2.51. The molecule has 0 N–H and O–H groups in total. The van der Waals surface area contributed by atoms with Gasteiger partial charge in [-0.3, -0.25) is 0 Å². The maximum Gasteiger partial charge on any atom is 0.252 e. The number of nitrogens with zero attached hydrogens (tertiary/aromatic N) is 4. The van der Waals surface area contributed by atoms with Crippen molar-refractivity contribution in [3.05, 3.63) is 245 Å². The molecule has 0 saturated heterocycles. The van der Waals surface area contributed by atoms with Crippen LogP contribution in [-0.4, -0.2) is 11.3 Å². The molecule has 0 atom stereocenters. The minimum absolute atomic E-state index is 0.0258. The predicted molar refractivity (Wildman–Crippen MR) is 378 cm³/mol. The van der Waals surface area contributed by atoms with Gasteiger partial charge in [-0.25, -0.2) is 0 Å². The minimum Gasteiger partial charge on any atom is -0.311 e. The fourth-order valence-corrected chi connectivity index (χ4v) is 13.8. The zero-order valence-corrected chi connectivity index (χ0v) is 54.5. The van der Waals surface area contributed by atoms with Gasteiger partial charge in [-0.1, -0.05) is 225 Å². The average Bonchev–Trinajstić information content (AvgIpc) is 1.11. The van der Waals surface area contributed by atoms with Crippen LogP contribution >= 0.6 is 0 Å². The maximum atomic E-state index is 2.64. The standard InChI is InChI=1S/C82H85BN4/c1-52-44-58(81(12,13)14)45-53(2)77(52)84(62-38-40-65-64-30-24-25-31-69(64)85(72(65)50-62)60-28-22-19-23-29-60)63-39-41-67-73(51-63)86(61-36-32-55(33-37-61)78(3,4)5)74-48-59(82(15,16)17)49-75-76(74)83(67)68-47-57(80(9,10)11)35-43-71(68)87(75)70-42-34-56(79(6,7)8)46-66(70)54-26-20-18-21-27-54/h18-51H,1-17H3. The molecule has 0 spiro atoms. The number of fused-ring (bicyclic) bond motifs is 7. The lowest BCUT2D eigenvalue weighted by molar-refractivity contribution is 0.589. The van der Waals surface area contributed by atoms with Crippen molar-refractivity contribution in [2.45, 2.75) is 145 Å². The van der Waals surface area contributed by atoms with Crippen LogP contribution in [0.5, 0.6) is 0 Å². The smallest absolute Gasteiger partial charge is 0.252 e. The number of benzene rings is 10. The first-order chi connectivity index (χ1) is 41.1. The van der Waals surface area contributed by atoms with E-state index in [0.29, 0.717) is 0 Å². The van der Waals surface area contributed by atoms with Gasteiger partial charge in [0, 0.05) is 61.8 Å². The van der Waals surface area contributed by atoms with Crippen molar-refractivity contribution in [3.8, 4) is 16.8 Å². The van der Waals surface area contributed by atoms with Crippen LogP contribution in [0.1, 0.15) is 143 Å². The highest BCUT2D eigenvalue weighted by molar-refractivity contribution is 7.00. The normalized spacial score (nSPS) is 13.5. The lowest BCUT2D eigenvalue weighted by Crippen LogP contribution is -2.61. The molecule has 2 aliphatic rings. The van der Waals surface area contributed by atoms with Gasteiger partial charge in [0.05, 0.1) is 22.4 Å². The van der Waals surface area contributed by atoms with E-state index >= 15 is 0 Å². The van der Waals surface area contributed by atoms with Gasteiger partial charge in [0.2, 0.25) is 0 Å². The zero-order valence-electron chi connectivity index (χ0n) is 54.5. The molecule has 436 valence electrons. The summed E-state index contributed by atoms with van der Waals surface area (Å²) in [6.45, 7) is 39.7. The molecule has 4 nitrogen and oxygen atoms in total. The fraction of sp³-hybridized carbons (Fsp3) is 0.268. The Morgan fingerprint density at radius 1 is 0.333 bits per heavy atom. The molecule has 0 fully saturated rings. The van der Waals surface area contributed by atoms with E-state index < -0.39 is 0 Å². The minimum atomic E-state index is -0.197. The molecule has 0 aliphatic carbocycles. The third-order valence-electron chi connectivity index (χ3n) is 18.7. The van der Waals surface area contributed by atoms with Gasteiger partial charge in [-0.05, 0) is 187 Å². The largest absolute Gasteiger partial charge is 0.311 e. The molecular weight excluding hydrogens is 1050 g/mol. The molecule has 87 heavy (non-hydrogen) atoms. The first kappa shape index (κ1) is 57.5. The monoisotopic (exact) mass is 1140 g/mol. The zero-order chi connectivity index (χ0) is 61.4. The second-order valence-electron chi connectivity index (χ2n) is 30.1. The molecule has 0 radical (unpaired) electrons. The number of aromatic nitrogens is 1. The summed E-state index contributed by atoms with van der Waals surface area (Å²) < 4.78 is 2.45. The van der Waals surface area contributed by atoms with Crippen LogP contribution < -0.4 is 31.1 Å². The van der Waals surface area contributed by atoms with Crippen LogP contribution in [0.3, 0.4) is 0 Å². The first-order valence-electron chi connectivity index (χ1n) is 31.5. The van der Waals surface area contributed by atoms with Crippen molar-refractivity contribution in [1.82, 2.24) is 4.57 Å². The van der Waals surface area contributed by atoms with E-state index in [-0.39, 0.29) is 33.8 Å². The number of rotatable bonds is 7. The Labute approximate surface area is 519 Å². The lowest BCUT2D eigenvalue weighted by atomic mass is 9.33. The molecule has 10 aromatic carbocycles. The summed E-state index contributed by atoms with van der Waals surface area (Å²) in [5.41, 5.74) is 29.0. The Kier molecular flexibility index (Phi) is 13.6. The van der Waals surface area contributed by atoms with Gasteiger partial charge in [-0.2, -0.15) is 0 Å². The van der Waals surface area contributed by atoms with Gasteiger partial charge < -0.3 is 19.3 Å². The molecular formula is C82H85BN4. The summed E-state index contributed by atoms with van der Waals surface area (Å²) in [6, 6.07) is 79.5. The summed E-state index contributed by atoms with van der Waals surface area (Å²) in [7, 11) is 0. The van der Waals surface area contributed by atoms with E-state index in [1.165, 1.54) is 122 Å². The fourth-order valence-electron chi connectivity index (χ4n) is 13.8. The van der Waals surface area contributed by atoms with E-state index in [9.17, 15) is 0 Å². The molecule has 11 aromatic rings. The molecule has 0 saturated carbocycles. The highest BCUT2D eigenvalue weighted by Gasteiger charge is 2.45. The molecule has 3 heterocycles. The van der Waals surface area contributed by atoms with Gasteiger partial charge >= 0.3 is 0 Å². The van der Waals surface area contributed by atoms with Crippen LogP contribution in [0.2, 0.25) is 0 Å². The van der Waals surface area contributed by atoms with Crippen LogP contribution in [-0.2, 0) is 27.1 Å². The van der Waals surface area contributed by atoms with Gasteiger partial charge in [0.25, 0.3) is 6.71 Å². The molecule has 13 rings (SSSR count). The Hall–Kier alpha value is -8.54. The molecule has 5 heteroatoms. The number of hydrogen-bond donors (Lipinski definition) is 0. The van der Waals surface area contributed by atoms with E-state index in [2.05, 4.69) is 343 Å². The van der Waals surface area contributed by atoms with Crippen molar-refractivity contribution in [2.24, 2.45) is 0 Å². The van der Waals surface area contributed by atoms with Gasteiger partial charge in [-0.15, -0.1) is 0 Å². The Bertz CT molecular complexity index is 4470. The third kappa shape index (κ3) is 9.96. The van der Waals surface area contributed by atoms with Gasteiger partial charge in [0.1, 0.15) is 0 Å². The number of para-hydroxylation sites is 2. The molecule has 1 aromatic heterocycles. The molecule has 2 aliphatic heterocycles.